The van der Waals surface area contributed by atoms with Crippen LogP contribution < -0.4 is 24.8 Å². The minimum absolute atomic E-state index is 0. The van der Waals surface area contributed by atoms with Gasteiger partial charge in [-0.2, -0.15) is 23.8 Å². The van der Waals surface area contributed by atoms with Gasteiger partial charge in [0.1, 0.15) is 0 Å². The van der Waals surface area contributed by atoms with E-state index in [0.717, 1.165) is 57.5 Å². The van der Waals surface area contributed by atoms with E-state index in [1.807, 2.05) is 43.3 Å². The van der Waals surface area contributed by atoms with Gasteiger partial charge in [-0.25, -0.2) is 12.2 Å². The Balaban J connectivity index is 0.000000290. The Morgan fingerprint density at radius 1 is 0.735 bits per heavy atom. The minimum atomic E-state index is -4.29. The van der Waals surface area contributed by atoms with Crippen molar-refractivity contribution < 1.29 is 62.2 Å². The number of aryl methyl sites for hydroxylation is 3. The Morgan fingerprint density at radius 2 is 1.35 bits per heavy atom. The van der Waals surface area contributed by atoms with E-state index in [1.54, 1.807) is 6.07 Å². The number of hydrogen-bond donors (Lipinski definition) is 0. The molecule has 6 rings (SSSR count). The van der Waals surface area contributed by atoms with Gasteiger partial charge in [-0.15, -0.1) is 23.1 Å². The topological polar surface area (TPSA) is 0 Å². The first-order valence-corrected chi connectivity index (χ1v) is 17.3. The second-order valence-corrected chi connectivity index (χ2v) is 15.8. The molecule has 0 atom stereocenters. The van der Waals surface area contributed by atoms with Crippen molar-refractivity contribution in [2.45, 2.75) is 92.2 Å². The van der Waals surface area contributed by atoms with Crippen LogP contribution in [0.3, 0.4) is 0 Å². The molecule has 0 unspecified atom stereocenters. The summed E-state index contributed by atoms with van der Waals surface area (Å²) in [4.78, 5) is 0. The minimum Gasteiger partial charge on any atom is -1.00 e. The van der Waals surface area contributed by atoms with Crippen LogP contribution in [0.4, 0.5) is 13.2 Å². The van der Waals surface area contributed by atoms with Crippen molar-refractivity contribution in [3.63, 3.8) is 0 Å². The molecule has 0 aliphatic heterocycles. The molecule has 0 radical (unpaired) electrons. The third kappa shape index (κ3) is 11.0. The second kappa shape index (κ2) is 17.1. The molecule has 258 valence electrons. The van der Waals surface area contributed by atoms with Crippen molar-refractivity contribution in [3.05, 3.63) is 153 Å². The zero-order valence-corrected chi connectivity index (χ0v) is 33.9. The van der Waals surface area contributed by atoms with Crippen molar-refractivity contribution >= 4 is 3.21 Å². The van der Waals surface area contributed by atoms with Crippen LogP contribution in [-0.2, 0) is 47.7 Å². The Labute approximate surface area is 319 Å². The van der Waals surface area contributed by atoms with Crippen molar-refractivity contribution in [3.8, 4) is 11.1 Å². The largest absolute Gasteiger partial charge is 1.00 e. The molecule has 0 nitrogen and oxygen atoms in total. The zero-order valence-electron chi connectivity index (χ0n) is 29.9. The fourth-order valence-electron chi connectivity index (χ4n) is 6.10. The molecule has 6 heteroatoms. The van der Waals surface area contributed by atoms with Gasteiger partial charge in [0.05, 0.1) is 0 Å². The molecule has 0 saturated heterocycles. The fourth-order valence-corrected chi connectivity index (χ4v) is 6.89. The molecule has 4 aromatic rings. The van der Waals surface area contributed by atoms with Crippen molar-refractivity contribution in [1.82, 2.24) is 0 Å². The van der Waals surface area contributed by atoms with E-state index in [0.29, 0.717) is 5.56 Å². The number of halogens is 5. The third-order valence-corrected chi connectivity index (χ3v) is 9.90. The summed E-state index contributed by atoms with van der Waals surface area (Å²) >= 11 is 1.10. The molecular weight excluding hydrogens is 736 g/mol. The Kier molecular flexibility index (Phi) is 14.9. The second-order valence-electron chi connectivity index (χ2n) is 14.5. The van der Waals surface area contributed by atoms with Crippen LogP contribution in [0, 0.1) is 32.9 Å². The molecule has 0 heterocycles. The molecule has 0 spiro atoms. The molecule has 0 saturated carbocycles. The zero-order chi connectivity index (χ0) is 34.7. The molecule has 2 aliphatic carbocycles. The van der Waals surface area contributed by atoms with Crippen LogP contribution >= 0.6 is 0 Å². The Hall–Kier alpha value is -2.52. The number of fused-ring (bicyclic) bond motifs is 3. The maximum atomic E-state index is 12.7. The molecule has 0 aromatic heterocycles. The fraction of sp³-hybridized carbons (Fsp3) is 0.326. The van der Waals surface area contributed by atoms with E-state index in [2.05, 4.69) is 91.8 Å². The normalized spacial score (nSPS) is 12.8. The number of benzene rings is 4. The maximum Gasteiger partial charge on any atom is -0.109 e. The van der Waals surface area contributed by atoms with Crippen LogP contribution in [0.5, 0.6) is 0 Å². The van der Waals surface area contributed by atoms with Crippen LogP contribution in [-0.4, -0.2) is 3.21 Å². The van der Waals surface area contributed by atoms with Crippen molar-refractivity contribution in [1.29, 1.82) is 0 Å². The summed E-state index contributed by atoms with van der Waals surface area (Å²) in [7, 11) is 0. The van der Waals surface area contributed by atoms with Gasteiger partial charge in [0.15, 0.2) is 0 Å². The molecule has 0 fully saturated rings. The number of alkyl halides is 3. The van der Waals surface area contributed by atoms with Crippen molar-refractivity contribution in [2.24, 2.45) is 0 Å². The Morgan fingerprint density at radius 3 is 1.86 bits per heavy atom. The quantitative estimate of drug-likeness (QED) is 0.202. The summed E-state index contributed by atoms with van der Waals surface area (Å²) in [6, 6.07) is 24.3. The van der Waals surface area contributed by atoms with E-state index in [4.69, 9.17) is 0 Å². The van der Waals surface area contributed by atoms with Gasteiger partial charge in [-0.1, -0.05) is 71.6 Å². The number of hydrogen-bond acceptors (Lipinski definition) is 0. The predicted molar refractivity (Wildman–Crippen MR) is 188 cm³/mol. The monoisotopic (exact) mass is 778 g/mol. The van der Waals surface area contributed by atoms with E-state index in [-0.39, 0.29) is 35.6 Å². The SMILES string of the molecule is Cc1[c-]c2c(cc1C(C)(C)C)-c1cc(C(C)(C)C)c(C)cc1C2.Cc1ccc([C](=[Zr+2])c2cccc(C(F)(F)F)c2)cc1.[C-]1=CC=CC1.[Cl-].[Cl-]. The maximum absolute atomic E-state index is 12.7. The molecule has 4 aromatic carbocycles. The van der Waals surface area contributed by atoms with Crippen LogP contribution in [0.2, 0.25) is 0 Å². The summed E-state index contributed by atoms with van der Waals surface area (Å²) in [5.41, 5.74) is 13.8. The van der Waals surface area contributed by atoms with Crippen molar-refractivity contribution in [2.75, 3.05) is 0 Å². The molecule has 2 aliphatic rings. The summed E-state index contributed by atoms with van der Waals surface area (Å²) in [5, 5.41) is 0. The summed E-state index contributed by atoms with van der Waals surface area (Å²) in [6.45, 7) is 20.2. The van der Waals surface area contributed by atoms with Gasteiger partial charge in [-0.05, 0) is 35.4 Å². The Bertz CT molecular complexity index is 1740. The molecule has 0 bridgehead atoms. The summed E-state index contributed by atoms with van der Waals surface area (Å²) in [6.07, 6.45) is 6.74. The molecule has 49 heavy (non-hydrogen) atoms. The van der Waals surface area contributed by atoms with Gasteiger partial charge in [0.25, 0.3) is 0 Å². The smallest absolute Gasteiger partial charge is 0.109 e. The van der Waals surface area contributed by atoms with Crippen LogP contribution in [0.15, 0.2) is 85.0 Å². The first-order chi connectivity index (χ1) is 21.9. The van der Waals surface area contributed by atoms with E-state index < -0.39 is 11.7 Å². The molecule has 0 N–H and O–H groups in total. The van der Waals surface area contributed by atoms with E-state index >= 15 is 0 Å². The number of rotatable bonds is 2. The van der Waals surface area contributed by atoms with Gasteiger partial charge < -0.3 is 24.8 Å². The van der Waals surface area contributed by atoms with E-state index in [1.165, 1.54) is 56.6 Å². The molecule has 0 amide bonds. The summed E-state index contributed by atoms with van der Waals surface area (Å²) < 4.78 is 39.0. The third-order valence-electron chi connectivity index (χ3n) is 8.48. The van der Waals surface area contributed by atoms with Gasteiger partial charge in [0, 0.05) is 0 Å². The van der Waals surface area contributed by atoms with Gasteiger partial charge >= 0.3 is 124 Å². The van der Waals surface area contributed by atoms with Crippen LogP contribution in [0.25, 0.3) is 11.1 Å². The van der Waals surface area contributed by atoms with E-state index in [9.17, 15) is 13.2 Å². The predicted octanol–water partition coefficient (Wildman–Crippen LogP) is 5.71. The number of allylic oxidation sites excluding steroid dienone is 4. The van der Waals surface area contributed by atoms with Crippen LogP contribution in [0.1, 0.15) is 104 Å². The molecular formula is C43H45Cl2F3Zr-2. The first-order valence-electron chi connectivity index (χ1n) is 16.1. The first kappa shape index (κ1) is 42.6. The van der Waals surface area contributed by atoms with Gasteiger partial charge in [0.2, 0.25) is 0 Å². The average molecular weight is 781 g/mol. The summed E-state index contributed by atoms with van der Waals surface area (Å²) in [5.74, 6) is 0. The van der Waals surface area contributed by atoms with Gasteiger partial charge in [-0.3, -0.25) is 6.08 Å². The average Bonchev–Trinajstić information content (AvgIpc) is 3.67. The standard InChI is InChI=1S/C23H29.C15H11F3.C5H5.2ClH.Zr/c1-14-9-16-11-17-10-15(2)21(23(6,7)8)13-19(17)18(16)12-20(14)22(3,4)5;1-11-5-7-12(8-6-11)9-13-3-2-4-14(10-13)15(16,17)18;1-2-4-5-3-1;;;/h9,12-13H,11H2,1-8H3;2-8,10H,1H3;1-3H,4H2;2*1H;/q-1;;-1;;;+2/p-2.